The number of anilines is 2. The second-order valence-electron chi connectivity index (χ2n) is 6.79. The minimum absolute atomic E-state index is 0.610. The highest BCUT2D eigenvalue weighted by atomic mass is 19.4. The van der Waals surface area contributed by atoms with Gasteiger partial charge in [-0.05, 0) is 35.4 Å². The van der Waals surface area contributed by atoms with Crippen LogP contribution in [0, 0.1) is 0 Å². The summed E-state index contributed by atoms with van der Waals surface area (Å²) < 4.78 is 39.1. The summed E-state index contributed by atoms with van der Waals surface area (Å²) in [7, 11) is 8.70. The predicted octanol–water partition coefficient (Wildman–Crippen LogP) is 3.93. The van der Waals surface area contributed by atoms with Crippen LogP contribution in [0.3, 0.4) is 0 Å². The molecule has 4 nitrogen and oxygen atoms in total. The van der Waals surface area contributed by atoms with Crippen LogP contribution in [-0.2, 0) is 4.79 Å². The minimum Gasteiger partial charge on any atom is -0.378 e. The standard InChI is InChI=1S/C20H24F3N3O/c1-24(2)16-10-6-14(7-11-16)18(26(5)19(27)20(21,22)23)15-8-12-17(13-9-15)25(3)4/h6-13,18H,1-5H3. The maximum absolute atomic E-state index is 13.0. The lowest BCUT2D eigenvalue weighted by molar-refractivity contribution is -0.185. The molecular weight excluding hydrogens is 355 g/mol. The number of halogens is 3. The van der Waals surface area contributed by atoms with Gasteiger partial charge in [-0.1, -0.05) is 24.3 Å². The molecule has 2 aromatic carbocycles. The van der Waals surface area contributed by atoms with Gasteiger partial charge in [-0.15, -0.1) is 0 Å². The summed E-state index contributed by atoms with van der Waals surface area (Å²) in [6.07, 6.45) is -4.93. The summed E-state index contributed by atoms with van der Waals surface area (Å²) in [5, 5.41) is 0. The van der Waals surface area contributed by atoms with Crippen molar-refractivity contribution in [3.8, 4) is 0 Å². The summed E-state index contributed by atoms with van der Waals surface area (Å²) >= 11 is 0. The van der Waals surface area contributed by atoms with Crippen molar-refractivity contribution in [1.29, 1.82) is 0 Å². The van der Waals surface area contributed by atoms with Crippen molar-refractivity contribution >= 4 is 17.3 Å². The van der Waals surface area contributed by atoms with Crippen molar-refractivity contribution < 1.29 is 18.0 Å². The molecule has 0 fully saturated rings. The number of amides is 1. The SMILES string of the molecule is CN(C)c1ccc(C(c2ccc(N(C)C)cc2)N(C)C(=O)C(F)(F)F)cc1. The highest BCUT2D eigenvalue weighted by Crippen LogP contribution is 2.33. The van der Waals surface area contributed by atoms with Gasteiger partial charge in [-0.2, -0.15) is 13.2 Å². The fourth-order valence-corrected chi connectivity index (χ4v) is 2.87. The van der Waals surface area contributed by atoms with Gasteiger partial charge < -0.3 is 14.7 Å². The highest BCUT2D eigenvalue weighted by Gasteiger charge is 2.43. The molecule has 0 saturated heterocycles. The smallest absolute Gasteiger partial charge is 0.378 e. The highest BCUT2D eigenvalue weighted by molar-refractivity contribution is 5.82. The van der Waals surface area contributed by atoms with Gasteiger partial charge in [0.1, 0.15) is 0 Å². The first-order valence-electron chi connectivity index (χ1n) is 8.41. The second-order valence-corrected chi connectivity index (χ2v) is 6.79. The van der Waals surface area contributed by atoms with E-state index < -0.39 is 18.1 Å². The van der Waals surface area contributed by atoms with E-state index in [-0.39, 0.29) is 0 Å². The molecule has 7 heteroatoms. The summed E-state index contributed by atoms with van der Waals surface area (Å²) in [5.74, 6) is -1.87. The molecule has 0 aliphatic rings. The molecule has 0 aromatic heterocycles. The zero-order valence-corrected chi connectivity index (χ0v) is 16.1. The normalized spacial score (nSPS) is 11.4. The molecule has 0 bridgehead atoms. The molecule has 0 radical (unpaired) electrons. The third-order valence-electron chi connectivity index (χ3n) is 4.40. The van der Waals surface area contributed by atoms with Gasteiger partial charge in [0.05, 0.1) is 6.04 Å². The number of rotatable bonds is 5. The molecular formula is C20H24F3N3O. The number of carbonyl (C=O) groups excluding carboxylic acids is 1. The quantitative estimate of drug-likeness (QED) is 0.788. The van der Waals surface area contributed by atoms with E-state index in [0.717, 1.165) is 16.3 Å². The molecule has 27 heavy (non-hydrogen) atoms. The summed E-state index contributed by atoms with van der Waals surface area (Å²) in [6, 6.07) is 13.4. The number of carbonyl (C=O) groups is 1. The summed E-state index contributed by atoms with van der Waals surface area (Å²) in [5.41, 5.74) is 3.06. The van der Waals surface area contributed by atoms with Crippen molar-refractivity contribution in [1.82, 2.24) is 4.90 Å². The Bertz CT molecular complexity index is 717. The molecule has 2 aromatic rings. The van der Waals surface area contributed by atoms with Crippen LogP contribution in [0.5, 0.6) is 0 Å². The van der Waals surface area contributed by atoms with Crippen LogP contribution in [0.25, 0.3) is 0 Å². The van der Waals surface area contributed by atoms with E-state index in [0.29, 0.717) is 11.1 Å². The predicted molar refractivity (Wildman–Crippen MR) is 102 cm³/mol. The lowest BCUT2D eigenvalue weighted by Crippen LogP contribution is -2.41. The van der Waals surface area contributed by atoms with Crippen LogP contribution in [-0.4, -0.2) is 52.2 Å². The molecule has 0 heterocycles. The topological polar surface area (TPSA) is 26.8 Å². The Balaban J connectivity index is 2.49. The van der Waals surface area contributed by atoms with E-state index >= 15 is 0 Å². The van der Waals surface area contributed by atoms with E-state index in [9.17, 15) is 18.0 Å². The third-order valence-corrected chi connectivity index (χ3v) is 4.40. The monoisotopic (exact) mass is 379 g/mol. The number of hydrogen-bond donors (Lipinski definition) is 0. The summed E-state index contributed by atoms with van der Waals surface area (Å²) in [6.45, 7) is 0. The van der Waals surface area contributed by atoms with Crippen LogP contribution >= 0.6 is 0 Å². The fraction of sp³-hybridized carbons (Fsp3) is 0.350. The van der Waals surface area contributed by atoms with Gasteiger partial charge >= 0.3 is 12.1 Å². The van der Waals surface area contributed by atoms with Gasteiger partial charge in [-0.25, -0.2) is 0 Å². The van der Waals surface area contributed by atoms with Gasteiger partial charge in [0.25, 0.3) is 0 Å². The molecule has 0 atom stereocenters. The number of benzene rings is 2. The van der Waals surface area contributed by atoms with E-state index in [1.54, 1.807) is 24.3 Å². The molecule has 0 aliphatic carbocycles. The van der Waals surface area contributed by atoms with Gasteiger partial charge in [-0.3, -0.25) is 4.79 Å². The van der Waals surface area contributed by atoms with E-state index in [1.165, 1.54) is 7.05 Å². The molecule has 0 saturated carbocycles. The zero-order valence-electron chi connectivity index (χ0n) is 16.1. The first-order chi connectivity index (χ1) is 12.5. The van der Waals surface area contributed by atoms with Crippen LogP contribution in [0.15, 0.2) is 48.5 Å². The Morgan fingerprint density at radius 2 is 1.07 bits per heavy atom. The van der Waals surface area contributed by atoms with E-state index in [1.807, 2.05) is 62.3 Å². The first-order valence-corrected chi connectivity index (χ1v) is 8.41. The van der Waals surface area contributed by atoms with Gasteiger partial charge in [0, 0.05) is 46.6 Å². The zero-order chi connectivity index (χ0) is 20.4. The van der Waals surface area contributed by atoms with Gasteiger partial charge in [0.2, 0.25) is 0 Å². The Kier molecular flexibility index (Phi) is 6.03. The lowest BCUT2D eigenvalue weighted by Gasteiger charge is -2.30. The van der Waals surface area contributed by atoms with Crippen LogP contribution in [0.4, 0.5) is 24.5 Å². The largest absolute Gasteiger partial charge is 0.471 e. The Morgan fingerprint density at radius 1 is 0.741 bits per heavy atom. The minimum atomic E-state index is -4.93. The maximum Gasteiger partial charge on any atom is 0.471 e. The van der Waals surface area contributed by atoms with Crippen molar-refractivity contribution in [3.63, 3.8) is 0 Å². The fourth-order valence-electron chi connectivity index (χ4n) is 2.87. The Labute approximate surface area is 157 Å². The molecule has 0 N–H and O–H groups in total. The average molecular weight is 379 g/mol. The van der Waals surface area contributed by atoms with Gasteiger partial charge in [0.15, 0.2) is 0 Å². The van der Waals surface area contributed by atoms with E-state index in [4.69, 9.17) is 0 Å². The lowest BCUT2D eigenvalue weighted by atomic mass is 9.96. The number of nitrogens with zero attached hydrogens (tertiary/aromatic N) is 3. The van der Waals surface area contributed by atoms with Crippen molar-refractivity contribution in [2.45, 2.75) is 12.2 Å². The van der Waals surface area contributed by atoms with Crippen molar-refractivity contribution in [2.24, 2.45) is 0 Å². The van der Waals surface area contributed by atoms with Crippen LogP contribution in [0.2, 0.25) is 0 Å². The molecule has 0 unspecified atom stereocenters. The first kappa shape index (κ1) is 20.6. The molecule has 1 amide bonds. The second kappa shape index (κ2) is 7.90. The molecule has 146 valence electrons. The number of alkyl halides is 3. The van der Waals surface area contributed by atoms with Crippen molar-refractivity contribution in [2.75, 3.05) is 45.0 Å². The molecule has 0 spiro atoms. The van der Waals surface area contributed by atoms with Crippen LogP contribution < -0.4 is 9.80 Å². The Hall–Kier alpha value is -2.70. The molecule has 2 rings (SSSR count). The van der Waals surface area contributed by atoms with E-state index in [2.05, 4.69) is 0 Å². The van der Waals surface area contributed by atoms with Crippen molar-refractivity contribution in [3.05, 3.63) is 59.7 Å². The summed E-state index contributed by atoms with van der Waals surface area (Å²) in [4.78, 5) is 16.4. The van der Waals surface area contributed by atoms with Crippen LogP contribution in [0.1, 0.15) is 17.2 Å². The average Bonchev–Trinajstić information content (AvgIpc) is 2.61. The third kappa shape index (κ3) is 4.72. The number of hydrogen-bond acceptors (Lipinski definition) is 3. The molecule has 0 aliphatic heterocycles. The Morgan fingerprint density at radius 3 is 1.33 bits per heavy atom. The maximum atomic E-state index is 13.0.